The number of para-hydroxylation sites is 2. The van der Waals surface area contributed by atoms with E-state index in [9.17, 15) is 14.4 Å². The zero-order valence-electron chi connectivity index (χ0n) is 21.2. The average Bonchev–Trinajstić information content (AvgIpc) is 2.87. The molecular formula is C28H35NO7. The van der Waals surface area contributed by atoms with E-state index >= 15 is 0 Å². The Morgan fingerprint density at radius 2 is 1.53 bits per heavy atom. The van der Waals surface area contributed by atoms with Crippen LogP contribution in [0.5, 0.6) is 11.5 Å². The van der Waals surface area contributed by atoms with Gasteiger partial charge in [0.15, 0.2) is 5.75 Å². The van der Waals surface area contributed by atoms with Crippen LogP contribution in [-0.4, -0.2) is 37.7 Å². The van der Waals surface area contributed by atoms with Crippen molar-refractivity contribution in [1.29, 1.82) is 0 Å². The van der Waals surface area contributed by atoms with Gasteiger partial charge < -0.3 is 24.3 Å². The van der Waals surface area contributed by atoms with Crippen molar-refractivity contribution in [2.45, 2.75) is 52.9 Å². The summed E-state index contributed by atoms with van der Waals surface area (Å²) in [7, 11) is 0. The van der Waals surface area contributed by atoms with Gasteiger partial charge in [0.2, 0.25) is 5.76 Å². The maximum absolute atomic E-state index is 12.8. The molecule has 0 bridgehead atoms. The third kappa shape index (κ3) is 9.82. The Morgan fingerprint density at radius 3 is 2.22 bits per heavy atom. The number of carbonyl (C=O) groups is 3. The first-order valence-electron chi connectivity index (χ1n) is 12.3. The van der Waals surface area contributed by atoms with Crippen LogP contribution in [0.4, 0.5) is 5.69 Å². The maximum Gasteiger partial charge on any atom is 0.374 e. The lowest BCUT2D eigenvalue weighted by Gasteiger charge is -2.14. The molecule has 36 heavy (non-hydrogen) atoms. The minimum absolute atomic E-state index is 0.0965. The van der Waals surface area contributed by atoms with Crippen LogP contribution in [0.15, 0.2) is 60.4 Å². The van der Waals surface area contributed by atoms with Crippen LogP contribution >= 0.6 is 0 Å². The van der Waals surface area contributed by atoms with Crippen LogP contribution in [0, 0.1) is 0 Å². The SMILES string of the molecule is CCCCCCCOc1ccc(C(=O)Nc2ccccc2O/C(=C\C(=O)OCC)C(=O)OCC)cc1. The summed E-state index contributed by atoms with van der Waals surface area (Å²) in [6.07, 6.45) is 6.72. The second kappa shape index (κ2) is 16.0. The predicted octanol–water partition coefficient (Wildman–Crippen LogP) is 5.68. The number of carbonyl (C=O) groups excluding carboxylic acids is 3. The first-order chi connectivity index (χ1) is 17.5. The molecule has 0 unspecified atom stereocenters. The monoisotopic (exact) mass is 497 g/mol. The highest BCUT2D eigenvalue weighted by Gasteiger charge is 2.19. The number of hydrogen-bond donors (Lipinski definition) is 1. The number of unbranched alkanes of at least 4 members (excludes halogenated alkanes) is 4. The fourth-order valence-electron chi connectivity index (χ4n) is 3.19. The van der Waals surface area contributed by atoms with Crippen LogP contribution in [0.1, 0.15) is 63.2 Å². The molecule has 1 amide bonds. The molecule has 0 saturated carbocycles. The van der Waals surface area contributed by atoms with Crippen molar-refractivity contribution in [2.75, 3.05) is 25.1 Å². The van der Waals surface area contributed by atoms with Crippen molar-refractivity contribution in [3.05, 3.63) is 65.9 Å². The van der Waals surface area contributed by atoms with Crippen molar-refractivity contribution in [3.63, 3.8) is 0 Å². The Kier molecular flexibility index (Phi) is 12.6. The summed E-state index contributed by atoms with van der Waals surface area (Å²) in [4.78, 5) is 37.0. The molecule has 0 saturated heterocycles. The van der Waals surface area contributed by atoms with Crippen molar-refractivity contribution >= 4 is 23.5 Å². The van der Waals surface area contributed by atoms with Gasteiger partial charge in [0.25, 0.3) is 5.91 Å². The Morgan fingerprint density at radius 1 is 0.833 bits per heavy atom. The van der Waals surface area contributed by atoms with E-state index in [1.165, 1.54) is 19.3 Å². The van der Waals surface area contributed by atoms with E-state index in [0.29, 0.717) is 23.6 Å². The minimum atomic E-state index is -0.826. The van der Waals surface area contributed by atoms with Gasteiger partial charge in [-0.05, 0) is 56.7 Å². The number of benzene rings is 2. The highest BCUT2D eigenvalue weighted by Crippen LogP contribution is 2.27. The van der Waals surface area contributed by atoms with Gasteiger partial charge in [0.05, 0.1) is 31.6 Å². The Bertz CT molecular complexity index is 1010. The number of rotatable bonds is 15. The molecule has 0 fully saturated rings. The summed E-state index contributed by atoms with van der Waals surface area (Å²) in [5.41, 5.74) is 0.738. The molecule has 1 N–H and O–H groups in total. The molecule has 2 aromatic carbocycles. The van der Waals surface area contributed by atoms with E-state index < -0.39 is 11.9 Å². The van der Waals surface area contributed by atoms with Gasteiger partial charge in [-0.3, -0.25) is 4.79 Å². The van der Waals surface area contributed by atoms with Crippen molar-refractivity contribution in [2.24, 2.45) is 0 Å². The molecule has 0 aliphatic carbocycles. The Labute approximate surface area is 212 Å². The lowest BCUT2D eigenvalue weighted by atomic mass is 10.1. The average molecular weight is 498 g/mol. The minimum Gasteiger partial charge on any atom is -0.494 e. The number of amides is 1. The summed E-state index contributed by atoms with van der Waals surface area (Å²) in [6.45, 7) is 6.35. The van der Waals surface area contributed by atoms with E-state index in [0.717, 1.165) is 18.9 Å². The number of anilines is 1. The van der Waals surface area contributed by atoms with Crippen LogP contribution in [-0.2, 0) is 19.1 Å². The molecule has 0 atom stereocenters. The van der Waals surface area contributed by atoms with E-state index in [-0.39, 0.29) is 30.6 Å². The molecule has 0 spiro atoms. The third-order valence-corrected chi connectivity index (χ3v) is 5.00. The highest BCUT2D eigenvalue weighted by molar-refractivity contribution is 6.05. The summed E-state index contributed by atoms with van der Waals surface area (Å²) >= 11 is 0. The van der Waals surface area contributed by atoms with Crippen molar-refractivity contribution < 1.29 is 33.3 Å². The van der Waals surface area contributed by atoms with E-state index in [1.54, 1.807) is 62.4 Å². The van der Waals surface area contributed by atoms with Crippen LogP contribution in [0.2, 0.25) is 0 Å². The molecule has 0 aromatic heterocycles. The summed E-state index contributed by atoms with van der Waals surface area (Å²) in [5, 5.41) is 2.77. The van der Waals surface area contributed by atoms with Gasteiger partial charge in [-0.1, -0.05) is 44.7 Å². The molecule has 0 aliphatic rings. The van der Waals surface area contributed by atoms with Crippen LogP contribution in [0.25, 0.3) is 0 Å². The lowest BCUT2D eigenvalue weighted by molar-refractivity contribution is -0.143. The molecule has 2 aromatic rings. The molecule has 0 aliphatic heterocycles. The van der Waals surface area contributed by atoms with Gasteiger partial charge in [-0.25, -0.2) is 9.59 Å². The topological polar surface area (TPSA) is 100 Å². The molecule has 8 heteroatoms. The molecule has 2 rings (SSSR count). The summed E-state index contributed by atoms with van der Waals surface area (Å²) < 4.78 is 21.3. The molecule has 0 radical (unpaired) electrons. The van der Waals surface area contributed by atoms with Gasteiger partial charge in [-0.15, -0.1) is 0 Å². The van der Waals surface area contributed by atoms with Gasteiger partial charge in [0, 0.05) is 5.56 Å². The van der Waals surface area contributed by atoms with E-state index in [2.05, 4.69) is 12.2 Å². The molecule has 194 valence electrons. The summed E-state index contributed by atoms with van der Waals surface area (Å²) in [5.74, 6) is -1.43. The largest absolute Gasteiger partial charge is 0.494 e. The molecule has 0 heterocycles. The van der Waals surface area contributed by atoms with Gasteiger partial charge in [0.1, 0.15) is 5.75 Å². The highest BCUT2D eigenvalue weighted by atomic mass is 16.6. The van der Waals surface area contributed by atoms with Crippen LogP contribution in [0.3, 0.4) is 0 Å². The lowest BCUT2D eigenvalue weighted by Crippen LogP contribution is -2.17. The van der Waals surface area contributed by atoms with Crippen molar-refractivity contribution in [3.8, 4) is 11.5 Å². The molecule has 8 nitrogen and oxygen atoms in total. The zero-order valence-corrected chi connectivity index (χ0v) is 21.2. The zero-order chi connectivity index (χ0) is 26.2. The smallest absolute Gasteiger partial charge is 0.374 e. The summed E-state index contributed by atoms with van der Waals surface area (Å²) in [6, 6.07) is 13.4. The second-order valence-corrected chi connectivity index (χ2v) is 7.82. The van der Waals surface area contributed by atoms with E-state index in [1.807, 2.05) is 0 Å². The normalized spacial score (nSPS) is 10.9. The second-order valence-electron chi connectivity index (χ2n) is 7.82. The quantitative estimate of drug-likeness (QED) is 0.146. The first-order valence-corrected chi connectivity index (χ1v) is 12.3. The first kappa shape index (κ1) is 28.4. The number of ether oxygens (including phenoxy) is 4. The Balaban J connectivity index is 2.05. The van der Waals surface area contributed by atoms with Crippen LogP contribution < -0.4 is 14.8 Å². The van der Waals surface area contributed by atoms with E-state index in [4.69, 9.17) is 18.9 Å². The fourth-order valence-corrected chi connectivity index (χ4v) is 3.19. The number of hydrogen-bond acceptors (Lipinski definition) is 7. The number of esters is 2. The maximum atomic E-state index is 12.8. The standard InChI is InChI=1S/C28H35NO7/c1-4-7-8-9-12-19-35-22-17-15-21(16-18-22)27(31)29-23-13-10-11-14-24(23)36-25(28(32)34-6-3)20-26(30)33-5-2/h10-11,13-18,20H,4-9,12,19H2,1-3H3,(H,29,31)/b25-20-. The van der Waals surface area contributed by atoms with Crippen molar-refractivity contribution in [1.82, 2.24) is 0 Å². The Hall–Kier alpha value is -3.81. The van der Waals surface area contributed by atoms with Gasteiger partial charge >= 0.3 is 11.9 Å². The predicted molar refractivity (Wildman–Crippen MR) is 137 cm³/mol. The number of nitrogens with one attached hydrogen (secondary N) is 1. The van der Waals surface area contributed by atoms with Gasteiger partial charge in [-0.2, -0.15) is 0 Å². The molecular weight excluding hydrogens is 462 g/mol. The fraction of sp³-hybridized carbons (Fsp3) is 0.393. The third-order valence-electron chi connectivity index (χ3n) is 5.00.